The summed E-state index contributed by atoms with van der Waals surface area (Å²) >= 11 is 0. The lowest BCUT2D eigenvalue weighted by molar-refractivity contribution is -0.151. The Morgan fingerprint density at radius 1 is 1.21 bits per heavy atom. The number of nitrogens with one attached hydrogen (secondary N) is 1. The average molecular weight is 579 g/mol. The molecule has 1 heterocycles. The monoisotopic (exact) mass is 578 g/mol. The minimum atomic E-state index is -0.645. The summed E-state index contributed by atoms with van der Waals surface area (Å²) in [5, 5.41) is 20.5. The van der Waals surface area contributed by atoms with Gasteiger partial charge in [-0.05, 0) is 105 Å². The van der Waals surface area contributed by atoms with Gasteiger partial charge >= 0.3 is 5.97 Å². The number of H-pyrrole nitrogens is 1. The zero-order valence-corrected chi connectivity index (χ0v) is 26.5. The van der Waals surface area contributed by atoms with Crippen molar-refractivity contribution in [1.82, 2.24) is 9.97 Å². The number of fused-ring (bicyclic) bond motifs is 1. The lowest BCUT2D eigenvalue weighted by Gasteiger charge is -2.44. The van der Waals surface area contributed by atoms with Crippen LogP contribution in [0.3, 0.4) is 0 Å². The Morgan fingerprint density at radius 2 is 2.00 bits per heavy atom. The maximum absolute atomic E-state index is 12.5. The Bertz CT molecular complexity index is 1190. The van der Waals surface area contributed by atoms with Crippen molar-refractivity contribution in [2.75, 3.05) is 0 Å². The third-order valence-electron chi connectivity index (χ3n) is 11.4. The standard InChI is InChI=1S/C36H54N2O4/c1-6-9-27-22-37-34(38-27)36(18-19-36)32(42-33(41)7-2)16-11-23(3)29-14-15-30-25(10-8-17-35(29,30)5)12-13-26-20-28(39)21-31(40)24(26)4/h12-13,22-23,28-32,39-40H,4,6-11,14-21H2,1-3,5H3,(H,37,38)/b25-12+,26-13-/t23-,28-,29-,30+,31+,32-,35-/m1/s1. The Labute approximate surface area is 253 Å². The van der Waals surface area contributed by atoms with Crippen LogP contribution in [-0.4, -0.2) is 44.5 Å². The van der Waals surface area contributed by atoms with Crippen LogP contribution >= 0.6 is 0 Å². The van der Waals surface area contributed by atoms with E-state index in [-0.39, 0.29) is 22.9 Å². The van der Waals surface area contributed by atoms with Gasteiger partial charge in [-0.2, -0.15) is 0 Å². The SMILES string of the molecule is C=C1/C(=C\C=C2/CCC[C@]3(C)[C@@H]([C@H](C)CC[C@@H](OC(=O)CC)C4(c5nc(CCC)c[nH]5)CC4)CC[C@@H]23)C[C@@H](O)C[C@@H]1O. The number of aliphatic hydroxyl groups excluding tert-OH is 2. The second kappa shape index (κ2) is 12.8. The van der Waals surface area contributed by atoms with E-state index in [9.17, 15) is 15.0 Å². The first kappa shape index (κ1) is 31.3. The van der Waals surface area contributed by atoms with E-state index in [2.05, 4.69) is 44.5 Å². The minimum absolute atomic E-state index is 0.107. The van der Waals surface area contributed by atoms with Crippen molar-refractivity contribution in [3.8, 4) is 0 Å². The Kier molecular flexibility index (Phi) is 9.54. The average Bonchev–Trinajstić information content (AvgIpc) is 3.49. The van der Waals surface area contributed by atoms with Gasteiger partial charge in [-0.3, -0.25) is 4.79 Å². The molecule has 6 nitrogen and oxygen atoms in total. The van der Waals surface area contributed by atoms with Crippen LogP contribution in [0.15, 0.2) is 41.6 Å². The fourth-order valence-electron chi connectivity index (χ4n) is 8.83. The molecule has 0 saturated heterocycles. The third-order valence-corrected chi connectivity index (χ3v) is 11.4. The molecule has 4 aliphatic carbocycles. The Hall–Kier alpha value is -2.18. The molecule has 0 radical (unpaired) electrons. The second-order valence-corrected chi connectivity index (χ2v) is 14.2. The number of nitrogens with zero attached hydrogens (tertiary/aromatic N) is 1. The number of rotatable bonds is 11. The summed E-state index contributed by atoms with van der Waals surface area (Å²) < 4.78 is 6.17. The number of esters is 1. The fraction of sp³-hybridized carbons (Fsp3) is 0.722. The van der Waals surface area contributed by atoms with Crippen LogP contribution < -0.4 is 0 Å². The van der Waals surface area contributed by atoms with Crippen molar-refractivity contribution < 1.29 is 19.7 Å². The van der Waals surface area contributed by atoms with Crippen molar-refractivity contribution in [3.63, 3.8) is 0 Å². The largest absolute Gasteiger partial charge is 0.461 e. The highest BCUT2D eigenvalue weighted by atomic mass is 16.5. The van der Waals surface area contributed by atoms with Crippen molar-refractivity contribution in [3.05, 3.63) is 53.2 Å². The molecule has 0 unspecified atom stereocenters. The second-order valence-electron chi connectivity index (χ2n) is 14.2. The highest BCUT2D eigenvalue weighted by molar-refractivity contribution is 5.69. The number of allylic oxidation sites excluding steroid dienone is 3. The van der Waals surface area contributed by atoms with Crippen LogP contribution in [0.5, 0.6) is 0 Å². The van der Waals surface area contributed by atoms with Gasteiger partial charge in [0.1, 0.15) is 11.9 Å². The van der Waals surface area contributed by atoms with Crippen molar-refractivity contribution in [2.45, 2.75) is 141 Å². The van der Waals surface area contributed by atoms with Crippen LogP contribution in [0.2, 0.25) is 0 Å². The summed E-state index contributed by atoms with van der Waals surface area (Å²) in [4.78, 5) is 20.9. The maximum atomic E-state index is 12.5. The molecular weight excluding hydrogens is 524 g/mol. The number of aliphatic hydroxyl groups is 2. The summed E-state index contributed by atoms with van der Waals surface area (Å²) in [5.74, 6) is 2.67. The molecule has 6 heteroatoms. The first-order chi connectivity index (χ1) is 20.1. The molecule has 4 aliphatic rings. The van der Waals surface area contributed by atoms with Gasteiger partial charge in [-0.25, -0.2) is 4.98 Å². The van der Waals surface area contributed by atoms with Crippen molar-refractivity contribution >= 4 is 5.97 Å². The number of imidazole rings is 1. The maximum Gasteiger partial charge on any atom is 0.305 e. The van der Waals surface area contributed by atoms with Gasteiger partial charge < -0.3 is 19.9 Å². The Balaban J connectivity index is 1.28. The van der Waals surface area contributed by atoms with E-state index in [0.717, 1.165) is 67.6 Å². The molecule has 0 bridgehead atoms. The van der Waals surface area contributed by atoms with E-state index in [1.807, 2.05) is 13.1 Å². The number of carbonyl (C=O) groups is 1. The van der Waals surface area contributed by atoms with Gasteiger partial charge in [0.2, 0.25) is 0 Å². The van der Waals surface area contributed by atoms with E-state index in [0.29, 0.717) is 37.0 Å². The molecule has 232 valence electrons. The van der Waals surface area contributed by atoms with Crippen molar-refractivity contribution in [1.29, 1.82) is 0 Å². The van der Waals surface area contributed by atoms with Gasteiger partial charge in [0.15, 0.2) is 0 Å². The van der Waals surface area contributed by atoms with Crippen molar-refractivity contribution in [2.24, 2.45) is 23.2 Å². The number of hydrogen-bond donors (Lipinski definition) is 3. The van der Waals surface area contributed by atoms with Gasteiger partial charge in [0, 0.05) is 19.0 Å². The smallest absolute Gasteiger partial charge is 0.305 e. The highest BCUT2D eigenvalue weighted by Crippen LogP contribution is 2.60. The lowest BCUT2D eigenvalue weighted by Crippen LogP contribution is -2.37. The summed E-state index contributed by atoms with van der Waals surface area (Å²) in [6, 6.07) is 0. The van der Waals surface area contributed by atoms with E-state index in [4.69, 9.17) is 9.72 Å². The van der Waals surface area contributed by atoms with E-state index in [1.54, 1.807) is 0 Å². The molecule has 0 spiro atoms. The molecule has 4 saturated carbocycles. The van der Waals surface area contributed by atoms with Gasteiger partial charge in [0.25, 0.3) is 0 Å². The molecule has 3 N–H and O–H groups in total. The highest BCUT2D eigenvalue weighted by Gasteiger charge is 2.56. The number of ether oxygens (including phenoxy) is 1. The number of aryl methyl sites for hydroxylation is 1. The van der Waals surface area contributed by atoms with Crippen LogP contribution in [-0.2, 0) is 21.4 Å². The molecule has 1 aromatic heterocycles. The van der Waals surface area contributed by atoms with E-state index < -0.39 is 12.2 Å². The molecule has 0 aliphatic heterocycles. The quantitative estimate of drug-likeness (QED) is 0.240. The number of aromatic nitrogens is 2. The normalized spacial score (nSPS) is 33.9. The molecular formula is C36H54N2O4. The molecule has 1 aromatic rings. The lowest BCUT2D eigenvalue weighted by atomic mass is 9.60. The van der Waals surface area contributed by atoms with E-state index in [1.165, 1.54) is 31.3 Å². The summed E-state index contributed by atoms with van der Waals surface area (Å²) in [7, 11) is 0. The molecule has 42 heavy (non-hydrogen) atoms. The topological polar surface area (TPSA) is 95.4 Å². The predicted molar refractivity (Wildman–Crippen MR) is 167 cm³/mol. The van der Waals surface area contributed by atoms with Crippen LogP contribution in [0.1, 0.15) is 123 Å². The molecule has 7 atom stereocenters. The van der Waals surface area contributed by atoms with Gasteiger partial charge in [-0.15, -0.1) is 0 Å². The summed E-state index contributed by atoms with van der Waals surface area (Å²) in [5.41, 5.74) is 4.50. The van der Waals surface area contributed by atoms with Crippen LogP contribution in [0, 0.1) is 23.2 Å². The number of carbonyl (C=O) groups excluding carboxylic acids is 1. The van der Waals surface area contributed by atoms with Gasteiger partial charge in [-0.1, -0.05) is 58.4 Å². The van der Waals surface area contributed by atoms with Crippen LogP contribution in [0.25, 0.3) is 0 Å². The molecule has 5 rings (SSSR count). The Morgan fingerprint density at radius 3 is 2.71 bits per heavy atom. The number of aromatic amines is 1. The molecule has 4 fully saturated rings. The third kappa shape index (κ3) is 6.22. The molecule has 0 aromatic carbocycles. The summed E-state index contributed by atoms with van der Waals surface area (Å²) in [6.07, 6.45) is 18.6. The zero-order chi connectivity index (χ0) is 30.1. The first-order valence-corrected chi connectivity index (χ1v) is 16.8. The minimum Gasteiger partial charge on any atom is -0.461 e. The van der Waals surface area contributed by atoms with Crippen LogP contribution in [0.4, 0.5) is 0 Å². The van der Waals surface area contributed by atoms with E-state index >= 15 is 0 Å². The fourth-order valence-corrected chi connectivity index (χ4v) is 8.83. The van der Waals surface area contributed by atoms with Gasteiger partial charge in [0.05, 0.1) is 23.3 Å². The summed E-state index contributed by atoms with van der Waals surface area (Å²) in [6.45, 7) is 13.1. The molecule has 0 amide bonds. The number of hydrogen-bond acceptors (Lipinski definition) is 5. The predicted octanol–water partition coefficient (Wildman–Crippen LogP) is 7.27. The first-order valence-electron chi connectivity index (χ1n) is 16.8. The zero-order valence-electron chi connectivity index (χ0n) is 26.5.